The highest BCUT2D eigenvalue weighted by molar-refractivity contribution is 5.89. The zero-order valence-corrected chi connectivity index (χ0v) is 10.3. The molecule has 1 amide bonds. The SMILES string of the molecule is C=C(C)C(=O)OCC(=O)N1OCCC1OC(C)=O. The van der Waals surface area contributed by atoms with E-state index in [1.54, 1.807) is 0 Å². The molecule has 18 heavy (non-hydrogen) atoms. The average Bonchev–Trinajstić information content (AvgIpc) is 2.72. The molecule has 0 saturated carbocycles. The lowest BCUT2D eigenvalue weighted by molar-refractivity contribution is -0.210. The van der Waals surface area contributed by atoms with Gasteiger partial charge in [0.15, 0.2) is 6.61 Å². The molecule has 0 radical (unpaired) electrons. The second-order valence-electron chi connectivity index (χ2n) is 3.76. The Morgan fingerprint density at radius 3 is 2.61 bits per heavy atom. The van der Waals surface area contributed by atoms with Crippen LogP contribution in [0.25, 0.3) is 0 Å². The van der Waals surface area contributed by atoms with Gasteiger partial charge in [-0.15, -0.1) is 0 Å². The monoisotopic (exact) mass is 257 g/mol. The molecular formula is C11H15NO6. The van der Waals surface area contributed by atoms with Gasteiger partial charge in [0, 0.05) is 18.9 Å². The highest BCUT2D eigenvalue weighted by Gasteiger charge is 2.33. The number of amides is 1. The Bertz CT molecular complexity index is 378. The lowest BCUT2D eigenvalue weighted by atomic mass is 10.4. The van der Waals surface area contributed by atoms with Gasteiger partial charge in [-0.05, 0) is 6.92 Å². The Morgan fingerprint density at radius 1 is 1.39 bits per heavy atom. The summed E-state index contributed by atoms with van der Waals surface area (Å²) in [5, 5.41) is 0.910. The maximum absolute atomic E-state index is 11.7. The van der Waals surface area contributed by atoms with Gasteiger partial charge >= 0.3 is 11.9 Å². The Morgan fingerprint density at radius 2 is 2.06 bits per heavy atom. The normalized spacial score (nSPS) is 18.3. The summed E-state index contributed by atoms with van der Waals surface area (Å²) in [6.45, 7) is 5.88. The van der Waals surface area contributed by atoms with Crippen molar-refractivity contribution in [1.29, 1.82) is 0 Å². The second kappa shape index (κ2) is 6.15. The second-order valence-corrected chi connectivity index (χ2v) is 3.76. The first-order chi connectivity index (χ1) is 8.41. The van der Waals surface area contributed by atoms with Crippen LogP contribution < -0.4 is 0 Å². The van der Waals surface area contributed by atoms with Gasteiger partial charge in [-0.1, -0.05) is 6.58 Å². The number of hydrogen-bond acceptors (Lipinski definition) is 6. The van der Waals surface area contributed by atoms with Crippen LogP contribution in [0.2, 0.25) is 0 Å². The van der Waals surface area contributed by atoms with Crippen LogP contribution in [-0.4, -0.2) is 42.4 Å². The summed E-state index contributed by atoms with van der Waals surface area (Å²) in [6.07, 6.45) is -0.377. The third-order valence-corrected chi connectivity index (χ3v) is 2.08. The van der Waals surface area contributed by atoms with Gasteiger partial charge in [0.05, 0.1) is 6.61 Å². The smallest absolute Gasteiger partial charge is 0.333 e. The van der Waals surface area contributed by atoms with Crippen LogP contribution in [0.3, 0.4) is 0 Å². The maximum atomic E-state index is 11.7. The molecule has 1 fully saturated rings. The van der Waals surface area contributed by atoms with E-state index in [0.29, 0.717) is 6.42 Å². The number of hydroxylamine groups is 2. The minimum absolute atomic E-state index is 0.196. The van der Waals surface area contributed by atoms with Gasteiger partial charge in [0.1, 0.15) is 0 Å². The van der Waals surface area contributed by atoms with E-state index in [4.69, 9.17) is 9.57 Å². The Balaban J connectivity index is 2.47. The minimum Gasteiger partial charge on any atom is -0.452 e. The van der Waals surface area contributed by atoms with Crippen molar-refractivity contribution < 1.29 is 28.7 Å². The van der Waals surface area contributed by atoms with Crippen molar-refractivity contribution in [2.45, 2.75) is 26.5 Å². The van der Waals surface area contributed by atoms with Crippen LogP contribution in [0.15, 0.2) is 12.2 Å². The highest BCUT2D eigenvalue weighted by atomic mass is 16.7. The number of hydrogen-bond donors (Lipinski definition) is 0. The van der Waals surface area contributed by atoms with Crippen LogP contribution in [0.4, 0.5) is 0 Å². The Labute approximate surface area is 104 Å². The van der Waals surface area contributed by atoms with E-state index >= 15 is 0 Å². The van der Waals surface area contributed by atoms with E-state index < -0.39 is 30.7 Å². The summed E-state index contributed by atoms with van der Waals surface area (Å²) in [6, 6.07) is 0. The minimum atomic E-state index is -0.765. The highest BCUT2D eigenvalue weighted by Crippen LogP contribution is 2.16. The van der Waals surface area contributed by atoms with E-state index in [1.165, 1.54) is 13.8 Å². The van der Waals surface area contributed by atoms with E-state index in [0.717, 1.165) is 5.06 Å². The topological polar surface area (TPSA) is 82.1 Å². The van der Waals surface area contributed by atoms with Crippen molar-refractivity contribution in [3.63, 3.8) is 0 Å². The van der Waals surface area contributed by atoms with E-state index in [9.17, 15) is 14.4 Å². The molecule has 1 aliphatic rings. The molecule has 0 aliphatic carbocycles. The molecule has 7 nitrogen and oxygen atoms in total. The Kier molecular flexibility index (Phi) is 4.85. The summed E-state index contributed by atoms with van der Waals surface area (Å²) < 4.78 is 9.56. The third kappa shape index (κ3) is 3.85. The number of carbonyl (C=O) groups is 3. The quantitative estimate of drug-likeness (QED) is 0.527. The number of nitrogens with zero attached hydrogens (tertiary/aromatic N) is 1. The van der Waals surface area contributed by atoms with Crippen molar-refractivity contribution >= 4 is 17.8 Å². The van der Waals surface area contributed by atoms with Gasteiger partial charge < -0.3 is 9.47 Å². The van der Waals surface area contributed by atoms with Crippen molar-refractivity contribution in [3.8, 4) is 0 Å². The molecule has 1 aliphatic heterocycles. The molecule has 100 valence electrons. The predicted octanol–water partition coefficient (Wildman–Crippen LogP) is 0.159. The lowest BCUT2D eigenvalue weighted by Gasteiger charge is -2.21. The molecular weight excluding hydrogens is 242 g/mol. The van der Waals surface area contributed by atoms with Gasteiger partial charge in [-0.25, -0.2) is 4.79 Å². The first kappa shape index (κ1) is 14.2. The molecule has 1 rings (SSSR count). The van der Waals surface area contributed by atoms with Crippen molar-refractivity contribution in [2.75, 3.05) is 13.2 Å². The van der Waals surface area contributed by atoms with E-state index in [1.807, 2.05) is 0 Å². The standard InChI is InChI=1S/C11H15NO6/c1-7(2)11(15)16-6-9(14)12-10(4-5-17-12)18-8(3)13/h10H,1,4-6H2,2-3H3. The summed E-state index contributed by atoms with van der Waals surface area (Å²) in [5.41, 5.74) is 0.196. The zero-order valence-electron chi connectivity index (χ0n) is 10.3. The molecule has 1 heterocycles. The molecule has 1 saturated heterocycles. The van der Waals surface area contributed by atoms with Crippen molar-refractivity contribution in [1.82, 2.24) is 5.06 Å². The molecule has 0 N–H and O–H groups in total. The van der Waals surface area contributed by atoms with E-state index in [-0.39, 0.29) is 12.2 Å². The van der Waals surface area contributed by atoms with Gasteiger partial charge in [-0.3, -0.25) is 14.4 Å². The van der Waals surface area contributed by atoms with Crippen LogP contribution in [0, 0.1) is 0 Å². The summed E-state index contributed by atoms with van der Waals surface area (Å²) in [5.74, 6) is -1.76. The summed E-state index contributed by atoms with van der Waals surface area (Å²) in [7, 11) is 0. The fourth-order valence-electron chi connectivity index (χ4n) is 1.30. The molecule has 0 aromatic carbocycles. The fourth-order valence-corrected chi connectivity index (χ4v) is 1.30. The summed E-state index contributed by atoms with van der Waals surface area (Å²) in [4.78, 5) is 38.6. The van der Waals surface area contributed by atoms with Crippen LogP contribution in [0.5, 0.6) is 0 Å². The fraction of sp³-hybridized carbons (Fsp3) is 0.545. The molecule has 0 aromatic rings. The summed E-state index contributed by atoms with van der Waals surface area (Å²) >= 11 is 0. The first-order valence-corrected chi connectivity index (χ1v) is 5.36. The number of rotatable bonds is 4. The van der Waals surface area contributed by atoms with Crippen molar-refractivity contribution in [3.05, 3.63) is 12.2 Å². The molecule has 0 spiro atoms. The molecule has 7 heteroatoms. The number of esters is 2. The number of carbonyl (C=O) groups excluding carboxylic acids is 3. The molecule has 0 bridgehead atoms. The molecule has 0 aromatic heterocycles. The zero-order chi connectivity index (χ0) is 13.7. The Hall–Kier alpha value is -1.89. The number of ether oxygens (including phenoxy) is 2. The lowest BCUT2D eigenvalue weighted by Crippen LogP contribution is -2.39. The third-order valence-electron chi connectivity index (χ3n) is 2.08. The van der Waals surface area contributed by atoms with E-state index in [2.05, 4.69) is 11.3 Å². The first-order valence-electron chi connectivity index (χ1n) is 5.36. The van der Waals surface area contributed by atoms with Crippen LogP contribution in [-0.2, 0) is 28.7 Å². The van der Waals surface area contributed by atoms with Crippen molar-refractivity contribution in [2.24, 2.45) is 0 Å². The largest absolute Gasteiger partial charge is 0.452 e. The van der Waals surface area contributed by atoms with Gasteiger partial charge in [-0.2, -0.15) is 5.06 Å². The molecule has 1 atom stereocenters. The average molecular weight is 257 g/mol. The maximum Gasteiger partial charge on any atom is 0.333 e. The predicted molar refractivity (Wildman–Crippen MR) is 58.7 cm³/mol. The van der Waals surface area contributed by atoms with Gasteiger partial charge in [0.25, 0.3) is 5.91 Å². The van der Waals surface area contributed by atoms with Crippen LogP contribution in [0.1, 0.15) is 20.3 Å². The molecule has 1 unspecified atom stereocenters. The van der Waals surface area contributed by atoms with Crippen LogP contribution >= 0.6 is 0 Å². The van der Waals surface area contributed by atoms with Gasteiger partial charge in [0.2, 0.25) is 6.23 Å².